The average molecular weight is 256 g/mol. The normalized spacial score (nSPS) is 23.6. The molecule has 1 amide bonds. The van der Waals surface area contributed by atoms with Gasteiger partial charge in [-0.1, -0.05) is 6.42 Å². The molecular formula is C13H24N2O3. The quantitative estimate of drug-likeness (QED) is 0.597. The lowest BCUT2D eigenvalue weighted by Crippen LogP contribution is -2.42. The zero-order valence-corrected chi connectivity index (χ0v) is 11.1. The minimum absolute atomic E-state index is 0.139. The van der Waals surface area contributed by atoms with Crippen molar-refractivity contribution in [3.63, 3.8) is 0 Å². The summed E-state index contributed by atoms with van der Waals surface area (Å²) in [6, 6.07) is 0.421. The lowest BCUT2D eigenvalue weighted by molar-refractivity contribution is -0.137. The van der Waals surface area contributed by atoms with Crippen LogP contribution in [0.2, 0.25) is 0 Å². The van der Waals surface area contributed by atoms with Crippen molar-refractivity contribution in [3.8, 4) is 0 Å². The van der Waals surface area contributed by atoms with Gasteiger partial charge in [0.2, 0.25) is 5.91 Å². The molecule has 0 bridgehead atoms. The molecular weight excluding hydrogens is 232 g/mol. The van der Waals surface area contributed by atoms with Crippen molar-refractivity contribution in [1.82, 2.24) is 10.6 Å². The van der Waals surface area contributed by atoms with E-state index in [-0.39, 0.29) is 18.2 Å². The van der Waals surface area contributed by atoms with Gasteiger partial charge in [0.05, 0.1) is 0 Å². The molecule has 1 rings (SSSR count). The van der Waals surface area contributed by atoms with Gasteiger partial charge in [-0.2, -0.15) is 0 Å². The number of carbonyl (C=O) groups is 2. The second kappa shape index (κ2) is 8.08. The van der Waals surface area contributed by atoms with Crippen LogP contribution in [0.4, 0.5) is 0 Å². The Balaban J connectivity index is 2.04. The van der Waals surface area contributed by atoms with Crippen LogP contribution in [0.15, 0.2) is 0 Å². The molecule has 1 fully saturated rings. The van der Waals surface area contributed by atoms with Crippen LogP contribution in [-0.2, 0) is 9.59 Å². The van der Waals surface area contributed by atoms with Crippen LogP contribution in [0, 0.1) is 5.92 Å². The fourth-order valence-corrected chi connectivity index (χ4v) is 2.30. The highest BCUT2D eigenvalue weighted by Crippen LogP contribution is 2.15. The molecule has 0 spiro atoms. The van der Waals surface area contributed by atoms with Crippen LogP contribution in [0.25, 0.3) is 0 Å². The van der Waals surface area contributed by atoms with Crippen molar-refractivity contribution >= 4 is 11.9 Å². The van der Waals surface area contributed by atoms with Crippen LogP contribution in [-0.4, -0.2) is 36.1 Å². The minimum Gasteiger partial charge on any atom is -0.481 e. The van der Waals surface area contributed by atoms with Crippen LogP contribution in [0.3, 0.4) is 0 Å². The molecule has 2 unspecified atom stereocenters. The third kappa shape index (κ3) is 6.00. The van der Waals surface area contributed by atoms with Gasteiger partial charge in [0.25, 0.3) is 0 Å². The number of carboxylic acid groups (broad SMARTS) is 1. The van der Waals surface area contributed by atoms with Crippen molar-refractivity contribution in [2.45, 2.75) is 51.5 Å². The Kier molecular flexibility index (Phi) is 6.72. The lowest BCUT2D eigenvalue weighted by atomic mass is 9.92. The first kappa shape index (κ1) is 15.0. The molecule has 0 aromatic heterocycles. The number of nitrogens with one attached hydrogen (secondary N) is 2. The van der Waals surface area contributed by atoms with Crippen molar-refractivity contribution in [1.29, 1.82) is 0 Å². The highest BCUT2D eigenvalue weighted by Gasteiger charge is 2.23. The van der Waals surface area contributed by atoms with Gasteiger partial charge in [-0.15, -0.1) is 0 Å². The second-order valence-corrected chi connectivity index (χ2v) is 5.07. The molecule has 104 valence electrons. The van der Waals surface area contributed by atoms with Crippen molar-refractivity contribution < 1.29 is 14.7 Å². The molecule has 3 N–H and O–H groups in total. The standard InChI is InChI=1S/C13H24N2O3/c1-10-9-11(6-8-14-10)13(18)15-7-4-2-3-5-12(16)17/h10-11,14H,2-9H2,1H3,(H,15,18)(H,16,17). The summed E-state index contributed by atoms with van der Waals surface area (Å²) >= 11 is 0. The fraction of sp³-hybridized carbons (Fsp3) is 0.846. The maximum absolute atomic E-state index is 11.9. The molecule has 0 saturated carbocycles. The highest BCUT2D eigenvalue weighted by molar-refractivity contribution is 5.78. The molecule has 1 aliphatic rings. The number of rotatable bonds is 7. The monoisotopic (exact) mass is 256 g/mol. The largest absolute Gasteiger partial charge is 0.481 e. The zero-order chi connectivity index (χ0) is 13.4. The Morgan fingerprint density at radius 2 is 2.11 bits per heavy atom. The summed E-state index contributed by atoms with van der Waals surface area (Å²) in [5.41, 5.74) is 0. The van der Waals surface area contributed by atoms with E-state index in [4.69, 9.17) is 5.11 Å². The first-order chi connectivity index (χ1) is 8.59. The summed E-state index contributed by atoms with van der Waals surface area (Å²) in [6.45, 7) is 3.68. The molecule has 1 aliphatic heterocycles. The van der Waals surface area contributed by atoms with E-state index in [1.54, 1.807) is 0 Å². The predicted molar refractivity (Wildman–Crippen MR) is 69.3 cm³/mol. The number of carbonyl (C=O) groups excluding carboxylic acids is 1. The minimum atomic E-state index is -0.747. The number of aliphatic carboxylic acids is 1. The fourth-order valence-electron chi connectivity index (χ4n) is 2.30. The summed E-state index contributed by atoms with van der Waals surface area (Å²) < 4.78 is 0. The molecule has 0 aromatic carbocycles. The van der Waals surface area contributed by atoms with Gasteiger partial charge in [0.15, 0.2) is 0 Å². The first-order valence-electron chi connectivity index (χ1n) is 6.82. The Hall–Kier alpha value is -1.10. The Bertz CT molecular complexity index is 281. The van der Waals surface area contributed by atoms with Gasteiger partial charge in [-0.05, 0) is 39.2 Å². The molecule has 5 heteroatoms. The Morgan fingerprint density at radius 1 is 1.33 bits per heavy atom. The van der Waals surface area contributed by atoms with Crippen LogP contribution < -0.4 is 10.6 Å². The predicted octanol–water partition coefficient (Wildman–Crippen LogP) is 1.14. The van der Waals surface area contributed by atoms with Gasteiger partial charge in [-0.25, -0.2) is 0 Å². The van der Waals surface area contributed by atoms with Crippen molar-refractivity contribution in [2.75, 3.05) is 13.1 Å². The van der Waals surface area contributed by atoms with Crippen LogP contribution in [0.5, 0.6) is 0 Å². The van der Waals surface area contributed by atoms with E-state index < -0.39 is 5.97 Å². The molecule has 0 aliphatic carbocycles. The van der Waals surface area contributed by atoms with E-state index in [9.17, 15) is 9.59 Å². The molecule has 18 heavy (non-hydrogen) atoms. The summed E-state index contributed by atoms with van der Waals surface area (Å²) in [5.74, 6) is -0.454. The summed E-state index contributed by atoms with van der Waals surface area (Å²) in [5, 5.41) is 14.8. The molecule has 5 nitrogen and oxygen atoms in total. The Labute approximate surface area is 108 Å². The topological polar surface area (TPSA) is 78.4 Å². The van der Waals surface area contributed by atoms with Gasteiger partial charge in [0.1, 0.15) is 0 Å². The second-order valence-electron chi connectivity index (χ2n) is 5.07. The third-order valence-electron chi connectivity index (χ3n) is 3.36. The van der Waals surface area contributed by atoms with E-state index in [2.05, 4.69) is 17.6 Å². The molecule has 0 aromatic rings. The Morgan fingerprint density at radius 3 is 2.78 bits per heavy atom. The maximum Gasteiger partial charge on any atom is 0.303 e. The van der Waals surface area contributed by atoms with E-state index in [0.717, 1.165) is 32.2 Å². The number of hydrogen-bond donors (Lipinski definition) is 3. The van der Waals surface area contributed by atoms with Crippen molar-refractivity contribution in [2.24, 2.45) is 5.92 Å². The zero-order valence-electron chi connectivity index (χ0n) is 11.1. The number of unbranched alkanes of at least 4 members (excludes halogenated alkanes) is 2. The molecule has 0 radical (unpaired) electrons. The van der Waals surface area contributed by atoms with Crippen molar-refractivity contribution in [3.05, 3.63) is 0 Å². The third-order valence-corrected chi connectivity index (χ3v) is 3.36. The number of amides is 1. The van der Waals surface area contributed by atoms with E-state index in [0.29, 0.717) is 19.0 Å². The maximum atomic E-state index is 11.9. The molecule has 1 heterocycles. The molecule has 1 saturated heterocycles. The summed E-state index contributed by atoms with van der Waals surface area (Å²) in [7, 11) is 0. The number of hydrogen-bond acceptors (Lipinski definition) is 3. The summed E-state index contributed by atoms with van der Waals surface area (Å²) in [6.07, 6.45) is 4.45. The van der Waals surface area contributed by atoms with Gasteiger partial charge in [-0.3, -0.25) is 9.59 Å². The smallest absolute Gasteiger partial charge is 0.303 e. The van der Waals surface area contributed by atoms with E-state index in [1.807, 2.05) is 0 Å². The first-order valence-corrected chi connectivity index (χ1v) is 6.82. The lowest BCUT2D eigenvalue weighted by Gasteiger charge is -2.27. The van der Waals surface area contributed by atoms with Gasteiger partial charge in [0, 0.05) is 24.9 Å². The van der Waals surface area contributed by atoms with Crippen LogP contribution >= 0.6 is 0 Å². The molecule has 2 atom stereocenters. The van der Waals surface area contributed by atoms with Gasteiger partial charge < -0.3 is 15.7 Å². The highest BCUT2D eigenvalue weighted by atomic mass is 16.4. The van der Waals surface area contributed by atoms with E-state index >= 15 is 0 Å². The summed E-state index contributed by atoms with van der Waals surface area (Å²) in [4.78, 5) is 22.2. The number of carboxylic acids is 1. The SMILES string of the molecule is CC1CC(C(=O)NCCCCCC(=O)O)CCN1. The average Bonchev–Trinajstić information content (AvgIpc) is 2.33. The number of piperidine rings is 1. The van der Waals surface area contributed by atoms with Gasteiger partial charge >= 0.3 is 5.97 Å². The van der Waals surface area contributed by atoms with Crippen LogP contribution in [0.1, 0.15) is 45.4 Å². The van der Waals surface area contributed by atoms with E-state index in [1.165, 1.54) is 0 Å².